The van der Waals surface area contributed by atoms with Crippen LogP contribution in [0.25, 0.3) is 0 Å². The number of aromatic nitrogens is 5. The van der Waals surface area contributed by atoms with Crippen LogP contribution in [0.5, 0.6) is 0 Å². The molecule has 0 aromatic carbocycles. The number of anilines is 2. The maximum atomic E-state index is 13.2. The molecular formula is C20H22FN7. The highest BCUT2D eigenvalue weighted by molar-refractivity contribution is 5.50. The number of piperidine rings is 1. The number of nitrogens with one attached hydrogen (secondary N) is 1. The topological polar surface area (TPSA) is 79.7 Å². The lowest BCUT2D eigenvalue weighted by Gasteiger charge is -2.34. The first-order valence-corrected chi connectivity index (χ1v) is 9.40. The fourth-order valence-electron chi connectivity index (χ4n) is 3.48. The Morgan fingerprint density at radius 1 is 1.11 bits per heavy atom. The van der Waals surface area contributed by atoms with Gasteiger partial charge in [-0.05, 0) is 38.4 Å². The predicted molar refractivity (Wildman–Crippen MR) is 103 cm³/mol. The monoisotopic (exact) mass is 379 g/mol. The van der Waals surface area contributed by atoms with Crippen LogP contribution in [0.1, 0.15) is 42.5 Å². The third kappa shape index (κ3) is 4.45. The average Bonchev–Trinajstić information content (AvgIpc) is 2.70. The molecule has 0 aliphatic carbocycles. The number of nitrogens with zero attached hydrogens (tertiary/aromatic N) is 6. The van der Waals surface area contributed by atoms with Gasteiger partial charge in [0.2, 0.25) is 0 Å². The summed E-state index contributed by atoms with van der Waals surface area (Å²) >= 11 is 0. The minimum absolute atomic E-state index is 0.0999. The zero-order valence-electron chi connectivity index (χ0n) is 15.7. The van der Waals surface area contributed by atoms with Crippen molar-refractivity contribution >= 4 is 11.6 Å². The molecule has 1 aliphatic rings. The summed E-state index contributed by atoms with van der Waals surface area (Å²) in [7, 11) is 0. The summed E-state index contributed by atoms with van der Waals surface area (Å²) in [6, 6.07) is 5.18. The second-order valence-electron chi connectivity index (χ2n) is 6.92. The van der Waals surface area contributed by atoms with E-state index >= 15 is 0 Å². The second kappa shape index (κ2) is 8.35. The largest absolute Gasteiger partial charge is 0.324 e. The van der Waals surface area contributed by atoms with Gasteiger partial charge >= 0.3 is 0 Å². The molecule has 4 heterocycles. The number of hydrogen-bond donors (Lipinski definition) is 1. The molecule has 0 saturated carbocycles. The zero-order valence-corrected chi connectivity index (χ0v) is 15.7. The van der Waals surface area contributed by atoms with Crippen molar-refractivity contribution in [1.82, 2.24) is 29.8 Å². The summed E-state index contributed by atoms with van der Waals surface area (Å²) in [5.74, 6) is 1.81. The molecule has 3 aromatic rings. The van der Waals surface area contributed by atoms with Crippen molar-refractivity contribution in [2.45, 2.75) is 38.8 Å². The number of pyridine rings is 1. The molecule has 1 N–H and O–H groups in total. The fourth-order valence-corrected chi connectivity index (χ4v) is 3.48. The van der Waals surface area contributed by atoms with Crippen LogP contribution in [-0.4, -0.2) is 36.4 Å². The predicted octanol–water partition coefficient (Wildman–Crippen LogP) is 3.58. The van der Waals surface area contributed by atoms with Crippen molar-refractivity contribution in [2.75, 3.05) is 11.9 Å². The van der Waals surface area contributed by atoms with Crippen LogP contribution in [0.2, 0.25) is 0 Å². The van der Waals surface area contributed by atoms with Crippen molar-refractivity contribution in [2.24, 2.45) is 0 Å². The van der Waals surface area contributed by atoms with Gasteiger partial charge in [0.05, 0.1) is 24.1 Å². The van der Waals surface area contributed by atoms with E-state index in [1.54, 1.807) is 24.7 Å². The maximum absolute atomic E-state index is 13.2. The average molecular weight is 379 g/mol. The third-order valence-electron chi connectivity index (χ3n) is 4.76. The molecule has 0 bridgehead atoms. The number of likely N-dealkylation sites (tertiary alicyclic amines) is 1. The van der Waals surface area contributed by atoms with Gasteiger partial charge in [-0.15, -0.1) is 0 Å². The van der Waals surface area contributed by atoms with Gasteiger partial charge in [-0.25, -0.2) is 19.3 Å². The maximum Gasteiger partial charge on any atom is 0.150 e. The highest BCUT2D eigenvalue weighted by atomic mass is 19.1. The molecule has 144 valence electrons. The van der Waals surface area contributed by atoms with Gasteiger partial charge in [-0.1, -0.05) is 6.42 Å². The Hall–Kier alpha value is -3.00. The lowest BCUT2D eigenvalue weighted by atomic mass is 10.0. The Morgan fingerprint density at radius 3 is 2.82 bits per heavy atom. The third-order valence-corrected chi connectivity index (χ3v) is 4.76. The van der Waals surface area contributed by atoms with Crippen LogP contribution in [0, 0.1) is 12.7 Å². The normalized spacial score (nSPS) is 17.4. The first-order chi connectivity index (χ1) is 13.7. The molecule has 28 heavy (non-hydrogen) atoms. The van der Waals surface area contributed by atoms with E-state index in [-0.39, 0.29) is 11.9 Å². The van der Waals surface area contributed by atoms with Gasteiger partial charge < -0.3 is 5.32 Å². The zero-order chi connectivity index (χ0) is 19.3. The SMILES string of the molecule is Cc1cc(Nc2cnccn2)nc(C2CCCCN2Cc2ccc(F)cn2)n1. The fraction of sp³-hybridized carbons (Fsp3) is 0.350. The minimum atomic E-state index is -0.319. The second-order valence-corrected chi connectivity index (χ2v) is 6.92. The molecule has 3 aromatic heterocycles. The molecule has 1 fully saturated rings. The molecule has 8 heteroatoms. The van der Waals surface area contributed by atoms with Crippen LogP contribution < -0.4 is 5.32 Å². The first kappa shape index (κ1) is 18.4. The van der Waals surface area contributed by atoms with Crippen molar-refractivity contribution in [3.63, 3.8) is 0 Å². The molecule has 0 amide bonds. The Labute approximate surface area is 163 Å². The number of rotatable bonds is 5. The molecule has 0 spiro atoms. The summed E-state index contributed by atoms with van der Waals surface area (Å²) in [6.07, 6.45) is 9.41. The van der Waals surface area contributed by atoms with E-state index in [1.165, 1.54) is 12.3 Å². The highest BCUT2D eigenvalue weighted by Gasteiger charge is 2.27. The van der Waals surface area contributed by atoms with Gasteiger partial charge in [0, 0.05) is 30.7 Å². The Morgan fingerprint density at radius 2 is 2.04 bits per heavy atom. The highest BCUT2D eigenvalue weighted by Crippen LogP contribution is 2.31. The Kier molecular flexibility index (Phi) is 5.48. The Balaban J connectivity index is 1.57. The van der Waals surface area contributed by atoms with Crippen LogP contribution in [0.15, 0.2) is 43.0 Å². The lowest BCUT2D eigenvalue weighted by Crippen LogP contribution is -2.34. The van der Waals surface area contributed by atoms with E-state index in [9.17, 15) is 4.39 Å². The number of aryl methyl sites for hydroxylation is 1. The van der Waals surface area contributed by atoms with Crippen molar-refractivity contribution in [3.05, 3.63) is 66.0 Å². The molecule has 1 aliphatic heterocycles. The molecule has 1 atom stereocenters. The smallest absolute Gasteiger partial charge is 0.150 e. The molecule has 0 radical (unpaired) electrons. The van der Waals surface area contributed by atoms with Gasteiger partial charge in [0.1, 0.15) is 23.3 Å². The summed E-state index contributed by atoms with van der Waals surface area (Å²) in [5.41, 5.74) is 1.74. The number of halogens is 1. The van der Waals surface area contributed by atoms with Crippen LogP contribution in [0.3, 0.4) is 0 Å². The summed E-state index contributed by atoms with van der Waals surface area (Å²) in [6.45, 7) is 3.55. The first-order valence-electron chi connectivity index (χ1n) is 9.40. The molecule has 1 saturated heterocycles. The molecule has 1 unspecified atom stereocenters. The summed E-state index contributed by atoms with van der Waals surface area (Å²) < 4.78 is 13.2. The van der Waals surface area contributed by atoms with Crippen LogP contribution >= 0.6 is 0 Å². The van der Waals surface area contributed by atoms with Gasteiger partial charge in [-0.2, -0.15) is 0 Å². The Bertz CT molecular complexity index is 918. The van der Waals surface area contributed by atoms with Crippen molar-refractivity contribution in [3.8, 4) is 0 Å². The van der Waals surface area contributed by atoms with E-state index in [2.05, 4.69) is 25.2 Å². The van der Waals surface area contributed by atoms with E-state index in [4.69, 9.17) is 9.97 Å². The quantitative estimate of drug-likeness (QED) is 0.726. The standard InChI is InChI=1S/C20H22FN7/c1-14-10-18(26-19-12-22-7-8-23-19)27-20(25-14)17-4-2-3-9-28(17)13-16-6-5-15(21)11-24-16/h5-8,10-12,17H,2-4,9,13H2,1H3,(H,23,25,26,27). The van der Waals surface area contributed by atoms with Crippen molar-refractivity contribution < 1.29 is 4.39 Å². The molecule has 4 rings (SSSR count). The van der Waals surface area contributed by atoms with Crippen molar-refractivity contribution in [1.29, 1.82) is 0 Å². The van der Waals surface area contributed by atoms with Gasteiger partial charge in [-0.3, -0.25) is 14.9 Å². The molecule has 7 nitrogen and oxygen atoms in total. The van der Waals surface area contributed by atoms with E-state index in [0.717, 1.165) is 43.0 Å². The van der Waals surface area contributed by atoms with Crippen LogP contribution in [-0.2, 0) is 6.54 Å². The molecular weight excluding hydrogens is 357 g/mol. The van der Waals surface area contributed by atoms with Gasteiger partial charge in [0.15, 0.2) is 0 Å². The van der Waals surface area contributed by atoms with E-state index < -0.39 is 0 Å². The van der Waals surface area contributed by atoms with Crippen LogP contribution in [0.4, 0.5) is 16.0 Å². The minimum Gasteiger partial charge on any atom is -0.324 e. The number of hydrogen-bond acceptors (Lipinski definition) is 7. The van der Waals surface area contributed by atoms with Gasteiger partial charge in [0.25, 0.3) is 0 Å². The summed E-state index contributed by atoms with van der Waals surface area (Å²) in [5, 5.41) is 3.20. The lowest BCUT2D eigenvalue weighted by molar-refractivity contribution is 0.132. The summed E-state index contributed by atoms with van der Waals surface area (Å²) in [4.78, 5) is 24.3. The van der Waals surface area contributed by atoms with E-state index in [1.807, 2.05) is 13.0 Å². The van der Waals surface area contributed by atoms with E-state index in [0.29, 0.717) is 18.2 Å².